The molecular weight excluding hydrogens is 346 g/mol. The Balaban J connectivity index is 1.85. The maximum Gasteiger partial charge on any atom is 0.140 e. The lowest BCUT2D eigenvalue weighted by molar-refractivity contribution is 0.337. The fourth-order valence-electron chi connectivity index (χ4n) is 5.44. The Kier molecular flexibility index (Phi) is 5.31. The van der Waals surface area contributed by atoms with E-state index in [0.717, 1.165) is 24.5 Å². The molecule has 1 aliphatic carbocycles. The van der Waals surface area contributed by atoms with Crippen molar-refractivity contribution in [2.45, 2.75) is 77.6 Å². The van der Waals surface area contributed by atoms with Crippen LogP contribution in [0, 0.1) is 0 Å². The minimum atomic E-state index is 0.172. The van der Waals surface area contributed by atoms with Gasteiger partial charge in [-0.05, 0) is 62.3 Å². The molecule has 0 unspecified atom stereocenters. The van der Waals surface area contributed by atoms with E-state index in [0.29, 0.717) is 12.5 Å². The fourth-order valence-corrected chi connectivity index (χ4v) is 5.44. The smallest absolute Gasteiger partial charge is 0.140 e. The van der Waals surface area contributed by atoms with E-state index in [1.165, 1.54) is 54.6 Å². The van der Waals surface area contributed by atoms with Crippen LogP contribution in [-0.2, 0) is 11.8 Å². The molecule has 0 spiro atoms. The summed E-state index contributed by atoms with van der Waals surface area (Å²) in [5, 5.41) is 0. The van der Waals surface area contributed by atoms with Gasteiger partial charge in [0.25, 0.3) is 0 Å². The molecule has 0 radical (unpaired) electrons. The molecule has 2 aromatic rings. The predicted molar refractivity (Wildman–Crippen MR) is 115 cm³/mol. The average molecular weight is 380 g/mol. The van der Waals surface area contributed by atoms with Gasteiger partial charge in [0.05, 0.1) is 6.61 Å². The first-order chi connectivity index (χ1) is 13.6. The topological polar surface area (TPSA) is 38.2 Å². The van der Waals surface area contributed by atoms with Crippen LogP contribution in [0.4, 0.5) is 11.5 Å². The van der Waals surface area contributed by atoms with Crippen LogP contribution in [0.25, 0.3) is 0 Å². The minimum absolute atomic E-state index is 0.172. The van der Waals surface area contributed by atoms with Crippen LogP contribution in [0.1, 0.15) is 82.5 Å². The lowest BCUT2D eigenvalue weighted by Crippen LogP contribution is -2.32. The normalized spacial score (nSPS) is 19.6. The highest BCUT2D eigenvalue weighted by molar-refractivity contribution is 5.74. The summed E-state index contributed by atoms with van der Waals surface area (Å²) in [7, 11) is 0. The number of anilines is 2. The van der Waals surface area contributed by atoms with Gasteiger partial charge in [-0.3, -0.25) is 0 Å². The summed E-state index contributed by atoms with van der Waals surface area (Å²) in [6.45, 7) is 10.7. The summed E-state index contributed by atoms with van der Waals surface area (Å²) in [5.41, 5.74) is 5.54. The fraction of sp³-hybridized carbons (Fsp3) is 0.583. The van der Waals surface area contributed by atoms with Crippen LogP contribution in [0.2, 0.25) is 0 Å². The molecule has 4 rings (SSSR count). The molecule has 0 saturated heterocycles. The minimum Gasteiger partial charge on any atom is -0.494 e. The third kappa shape index (κ3) is 3.07. The summed E-state index contributed by atoms with van der Waals surface area (Å²) >= 11 is 0. The van der Waals surface area contributed by atoms with E-state index in [-0.39, 0.29) is 5.41 Å². The summed E-state index contributed by atoms with van der Waals surface area (Å²) in [5.74, 6) is 2.65. The lowest BCUT2D eigenvalue weighted by atomic mass is 9.75. The molecule has 2 heterocycles. The number of benzene rings is 1. The van der Waals surface area contributed by atoms with Crippen molar-refractivity contribution in [3.63, 3.8) is 0 Å². The molecule has 4 nitrogen and oxygen atoms in total. The first-order valence-electron chi connectivity index (χ1n) is 11.0. The van der Waals surface area contributed by atoms with Crippen LogP contribution in [-0.4, -0.2) is 23.1 Å². The van der Waals surface area contributed by atoms with Crippen LogP contribution in [0.15, 0.2) is 24.5 Å². The molecule has 2 aliphatic rings. The molecule has 28 heavy (non-hydrogen) atoms. The Morgan fingerprint density at radius 1 is 1.14 bits per heavy atom. The number of aromatic nitrogens is 2. The molecule has 1 atom stereocenters. The summed E-state index contributed by atoms with van der Waals surface area (Å²) < 4.78 is 5.87. The zero-order chi connectivity index (χ0) is 19.7. The van der Waals surface area contributed by atoms with Crippen LogP contribution in [0.3, 0.4) is 0 Å². The standard InChI is InChI=1S/C24H33N3O/c1-5-12-24(13-6-2)15-27(21-11-9-18(28-7-3)14-19(21)24)23-22-17(4)8-10-20(22)25-16-26-23/h9,11,14,16-17H,5-8,10,12-13,15H2,1-4H3/t17-/m1/s1. The van der Waals surface area contributed by atoms with E-state index < -0.39 is 0 Å². The van der Waals surface area contributed by atoms with Crippen molar-refractivity contribution in [1.82, 2.24) is 9.97 Å². The van der Waals surface area contributed by atoms with Crippen LogP contribution < -0.4 is 9.64 Å². The molecule has 4 heteroatoms. The highest BCUT2D eigenvalue weighted by Crippen LogP contribution is 2.52. The Morgan fingerprint density at radius 3 is 2.64 bits per heavy atom. The molecule has 0 amide bonds. The molecule has 1 aromatic heterocycles. The van der Waals surface area contributed by atoms with E-state index in [2.05, 4.69) is 55.8 Å². The molecule has 0 bridgehead atoms. The maximum absolute atomic E-state index is 5.87. The van der Waals surface area contributed by atoms with Crippen molar-refractivity contribution < 1.29 is 4.74 Å². The lowest BCUT2D eigenvalue weighted by Gasteiger charge is -2.31. The van der Waals surface area contributed by atoms with E-state index in [4.69, 9.17) is 9.72 Å². The molecule has 1 aromatic carbocycles. The van der Waals surface area contributed by atoms with E-state index >= 15 is 0 Å². The van der Waals surface area contributed by atoms with Gasteiger partial charge in [0.2, 0.25) is 0 Å². The summed E-state index contributed by atoms with van der Waals surface area (Å²) in [6, 6.07) is 6.67. The largest absolute Gasteiger partial charge is 0.494 e. The molecule has 150 valence electrons. The second kappa shape index (κ2) is 7.73. The Hall–Kier alpha value is -2.10. The van der Waals surface area contributed by atoms with Crippen molar-refractivity contribution in [2.24, 2.45) is 0 Å². The van der Waals surface area contributed by atoms with Gasteiger partial charge in [-0.15, -0.1) is 0 Å². The van der Waals surface area contributed by atoms with E-state index in [1.807, 2.05) is 0 Å². The Morgan fingerprint density at radius 2 is 1.93 bits per heavy atom. The number of rotatable bonds is 7. The highest BCUT2D eigenvalue weighted by atomic mass is 16.5. The Labute approximate surface area is 169 Å². The quantitative estimate of drug-likeness (QED) is 0.599. The van der Waals surface area contributed by atoms with Crippen LogP contribution >= 0.6 is 0 Å². The third-order valence-electron chi connectivity index (χ3n) is 6.57. The third-order valence-corrected chi connectivity index (χ3v) is 6.57. The predicted octanol–water partition coefficient (Wildman–Crippen LogP) is 5.91. The average Bonchev–Trinajstić information content (AvgIpc) is 3.22. The van der Waals surface area contributed by atoms with Crippen molar-refractivity contribution in [2.75, 3.05) is 18.1 Å². The molecule has 1 aliphatic heterocycles. The number of hydrogen-bond donors (Lipinski definition) is 0. The first kappa shape index (κ1) is 19.2. The van der Waals surface area contributed by atoms with Gasteiger partial charge in [0, 0.05) is 28.9 Å². The van der Waals surface area contributed by atoms with Gasteiger partial charge >= 0.3 is 0 Å². The molecule has 0 fully saturated rings. The second-order valence-electron chi connectivity index (χ2n) is 8.48. The maximum atomic E-state index is 5.87. The van der Waals surface area contributed by atoms with Crippen LogP contribution in [0.5, 0.6) is 5.75 Å². The summed E-state index contributed by atoms with van der Waals surface area (Å²) in [6.07, 6.45) is 8.78. The number of ether oxygens (including phenoxy) is 1. The van der Waals surface area contributed by atoms with Gasteiger partial charge in [-0.25, -0.2) is 9.97 Å². The number of nitrogens with zero attached hydrogens (tertiary/aromatic N) is 3. The van der Waals surface area contributed by atoms with Crippen molar-refractivity contribution >= 4 is 11.5 Å². The number of hydrogen-bond acceptors (Lipinski definition) is 4. The monoisotopic (exact) mass is 379 g/mol. The number of aryl methyl sites for hydroxylation is 1. The number of fused-ring (bicyclic) bond motifs is 2. The first-order valence-corrected chi connectivity index (χ1v) is 11.0. The van der Waals surface area contributed by atoms with Gasteiger partial charge in [0.1, 0.15) is 17.9 Å². The van der Waals surface area contributed by atoms with E-state index in [9.17, 15) is 0 Å². The van der Waals surface area contributed by atoms with Gasteiger partial charge in [-0.2, -0.15) is 0 Å². The van der Waals surface area contributed by atoms with Crippen molar-refractivity contribution in [3.8, 4) is 5.75 Å². The molecule has 0 saturated carbocycles. The van der Waals surface area contributed by atoms with Crippen molar-refractivity contribution in [3.05, 3.63) is 41.3 Å². The molecular formula is C24H33N3O. The molecule has 0 N–H and O–H groups in total. The van der Waals surface area contributed by atoms with E-state index in [1.54, 1.807) is 6.33 Å². The summed E-state index contributed by atoms with van der Waals surface area (Å²) in [4.78, 5) is 11.9. The second-order valence-corrected chi connectivity index (χ2v) is 8.48. The van der Waals surface area contributed by atoms with Gasteiger partial charge in [-0.1, -0.05) is 33.6 Å². The van der Waals surface area contributed by atoms with Crippen molar-refractivity contribution in [1.29, 1.82) is 0 Å². The van der Waals surface area contributed by atoms with Gasteiger partial charge in [0.15, 0.2) is 0 Å². The highest BCUT2D eigenvalue weighted by Gasteiger charge is 2.43. The Bertz CT molecular complexity index is 842. The SMILES string of the molecule is CCCC1(CCC)CN(c2ncnc3c2[C@H](C)CC3)c2ccc(OCC)cc21. The zero-order valence-electron chi connectivity index (χ0n) is 17.8. The zero-order valence-corrected chi connectivity index (χ0v) is 17.8. The van der Waals surface area contributed by atoms with Gasteiger partial charge < -0.3 is 9.64 Å².